The van der Waals surface area contributed by atoms with Crippen LogP contribution in [0.5, 0.6) is 0 Å². The van der Waals surface area contributed by atoms with E-state index >= 15 is 0 Å². The Morgan fingerprint density at radius 2 is 2.45 bits per heavy atom. The van der Waals surface area contributed by atoms with Crippen LogP contribution in [0.25, 0.3) is 11.0 Å². The van der Waals surface area contributed by atoms with Crippen molar-refractivity contribution < 1.29 is 9.47 Å². The molecule has 1 aliphatic heterocycles. The maximum atomic E-state index is 5.67. The van der Waals surface area contributed by atoms with Crippen LogP contribution in [0, 0.1) is 5.92 Å². The third kappa shape index (κ3) is 2.58. The van der Waals surface area contributed by atoms with Gasteiger partial charge in [0.15, 0.2) is 17.3 Å². The molecule has 0 spiro atoms. The van der Waals surface area contributed by atoms with Crippen LogP contribution in [0.1, 0.15) is 12.2 Å². The van der Waals surface area contributed by atoms with Gasteiger partial charge in [0.05, 0.1) is 24.8 Å². The van der Waals surface area contributed by atoms with Crippen LogP contribution in [0.2, 0.25) is 0 Å². The van der Waals surface area contributed by atoms with Crippen molar-refractivity contribution in [3.63, 3.8) is 0 Å². The first-order chi connectivity index (χ1) is 9.78. The Hall–Kier alpha value is -1.77. The van der Waals surface area contributed by atoms with Gasteiger partial charge in [0.25, 0.3) is 0 Å². The molecule has 8 nitrogen and oxygen atoms in total. The Balaban J connectivity index is 1.72. The number of hydrazine groups is 1. The number of aromatic nitrogens is 4. The number of fused-ring (bicyclic) bond motifs is 1. The summed E-state index contributed by atoms with van der Waals surface area (Å²) in [5.41, 5.74) is 3.31. The standard InChI is InChI=1S/C12H18N6O2/c1-18-12-9(4-14-18)11(17-13)15-10(16-12)7-20-6-8-2-3-19-5-8/h4,8H,2-3,5-7,13H2,1H3,(H,15,16,17). The fourth-order valence-electron chi connectivity index (χ4n) is 2.27. The minimum atomic E-state index is 0.353. The number of anilines is 1. The molecule has 1 saturated heterocycles. The van der Waals surface area contributed by atoms with E-state index < -0.39 is 0 Å². The molecule has 3 N–H and O–H groups in total. The molecule has 1 aliphatic rings. The van der Waals surface area contributed by atoms with E-state index in [2.05, 4.69) is 20.5 Å². The van der Waals surface area contributed by atoms with Crippen LogP contribution in [0.15, 0.2) is 6.20 Å². The van der Waals surface area contributed by atoms with E-state index in [0.717, 1.165) is 30.7 Å². The highest BCUT2D eigenvalue weighted by Crippen LogP contribution is 2.19. The van der Waals surface area contributed by atoms with Crippen molar-refractivity contribution in [3.05, 3.63) is 12.0 Å². The molecule has 0 amide bonds. The lowest BCUT2D eigenvalue weighted by atomic mass is 10.1. The number of rotatable bonds is 5. The first-order valence-electron chi connectivity index (χ1n) is 6.58. The van der Waals surface area contributed by atoms with Crippen LogP contribution >= 0.6 is 0 Å². The second-order valence-corrected chi connectivity index (χ2v) is 4.88. The van der Waals surface area contributed by atoms with E-state index in [1.165, 1.54) is 0 Å². The van der Waals surface area contributed by atoms with Gasteiger partial charge in [0, 0.05) is 19.6 Å². The number of aryl methyl sites for hydroxylation is 1. The van der Waals surface area contributed by atoms with E-state index in [1.54, 1.807) is 10.9 Å². The Bertz CT molecular complexity index is 593. The molecule has 0 bridgehead atoms. The summed E-state index contributed by atoms with van der Waals surface area (Å²) >= 11 is 0. The van der Waals surface area contributed by atoms with E-state index in [-0.39, 0.29) is 0 Å². The minimum Gasteiger partial charge on any atom is -0.381 e. The molecule has 0 saturated carbocycles. The highest BCUT2D eigenvalue weighted by molar-refractivity contribution is 5.86. The largest absolute Gasteiger partial charge is 0.381 e. The van der Waals surface area contributed by atoms with Gasteiger partial charge in [-0.05, 0) is 6.42 Å². The highest BCUT2D eigenvalue weighted by Gasteiger charge is 2.16. The maximum absolute atomic E-state index is 5.67. The highest BCUT2D eigenvalue weighted by atomic mass is 16.5. The van der Waals surface area contributed by atoms with Gasteiger partial charge in [-0.3, -0.25) is 4.68 Å². The van der Waals surface area contributed by atoms with Crippen LogP contribution in [0.4, 0.5) is 5.82 Å². The minimum absolute atomic E-state index is 0.353. The Kier molecular flexibility index (Phi) is 3.77. The third-order valence-electron chi connectivity index (χ3n) is 3.38. The number of nitrogens with two attached hydrogens (primary N) is 1. The summed E-state index contributed by atoms with van der Waals surface area (Å²) in [5, 5.41) is 4.94. The predicted octanol–water partition coefficient (Wildman–Crippen LogP) is 0.202. The molecule has 1 fully saturated rings. The van der Waals surface area contributed by atoms with E-state index in [1.807, 2.05) is 7.05 Å². The number of hydrogen-bond acceptors (Lipinski definition) is 7. The predicted molar refractivity (Wildman–Crippen MR) is 72.7 cm³/mol. The van der Waals surface area contributed by atoms with E-state index in [4.69, 9.17) is 15.3 Å². The topological polar surface area (TPSA) is 100 Å². The van der Waals surface area contributed by atoms with Gasteiger partial charge in [-0.2, -0.15) is 5.10 Å². The number of ether oxygens (including phenoxy) is 2. The average Bonchev–Trinajstić information content (AvgIpc) is 3.09. The second-order valence-electron chi connectivity index (χ2n) is 4.88. The first kappa shape index (κ1) is 13.2. The fourth-order valence-corrected chi connectivity index (χ4v) is 2.27. The van der Waals surface area contributed by atoms with E-state index in [9.17, 15) is 0 Å². The van der Waals surface area contributed by atoms with Gasteiger partial charge in [-0.1, -0.05) is 0 Å². The Labute approximate surface area is 116 Å². The number of hydrogen-bond donors (Lipinski definition) is 2. The molecule has 0 aromatic carbocycles. The molecule has 0 aliphatic carbocycles. The average molecular weight is 278 g/mol. The van der Waals surface area contributed by atoms with Crippen molar-refractivity contribution in [1.82, 2.24) is 19.7 Å². The van der Waals surface area contributed by atoms with Crippen molar-refractivity contribution >= 4 is 16.9 Å². The smallest absolute Gasteiger partial charge is 0.163 e. The van der Waals surface area contributed by atoms with Crippen LogP contribution in [0.3, 0.4) is 0 Å². The molecule has 1 atom stereocenters. The molecule has 0 radical (unpaired) electrons. The van der Waals surface area contributed by atoms with Gasteiger partial charge in [-0.25, -0.2) is 15.8 Å². The zero-order valence-corrected chi connectivity index (χ0v) is 11.4. The van der Waals surface area contributed by atoms with Crippen molar-refractivity contribution in [2.24, 2.45) is 18.8 Å². The van der Waals surface area contributed by atoms with Gasteiger partial charge >= 0.3 is 0 Å². The summed E-state index contributed by atoms with van der Waals surface area (Å²) in [7, 11) is 1.83. The second kappa shape index (κ2) is 5.70. The zero-order valence-electron chi connectivity index (χ0n) is 11.4. The van der Waals surface area contributed by atoms with Gasteiger partial charge in [0.2, 0.25) is 0 Å². The lowest BCUT2D eigenvalue weighted by molar-refractivity contribution is 0.0755. The SMILES string of the molecule is Cn1ncc2c(NN)nc(COCC3CCOC3)nc21. The monoisotopic (exact) mass is 278 g/mol. The maximum Gasteiger partial charge on any atom is 0.163 e. The van der Waals surface area contributed by atoms with Crippen LogP contribution < -0.4 is 11.3 Å². The summed E-state index contributed by atoms with van der Waals surface area (Å²) in [4.78, 5) is 8.79. The molecule has 108 valence electrons. The molecule has 8 heteroatoms. The van der Waals surface area contributed by atoms with Crippen LogP contribution in [-0.4, -0.2) is 39.6 Å². The van der Waals surface area contributed by atoms with Gasteiger partial charge < -0.3 is 14.9 Å². The van der Waals surface area contributed by atoms with Crippen molar-refractivity contribution in [1.29, 1.82) is 0 Å². The van der Waals surface area contributed by atoms with Gasteiger partial charge in [0.1, 0.15) is 6.61 Å². The number of nitrogens with zero attached hydrogens (tertiary/aromatic N) is 4. The van der Waals surface area contributed by atoms with E-state index in [0.29, 0.717) is 30.8 Å². The fraction of sp³-hybridized carbons (Fsp3) is 0.583. The summed E-state index contributed by atoms with van der Waals surface area (Å²) < 4.78 is 12.7. The molecule has 2 aromatic heterocycles. The molecule has 3 rings (SSSR count). The lowest BCUT2D eigenvalue weighted by Gasteiger charge is -2.09. The number of nitrogen functional groups attached to an aromatic ring is 1. The van der Waals surface area contributed by atoms with Crippen LogP contribution in [-0.2, 0) is 23.1 Å². The quantitative estimate of drug-likeness (QED) is 0.595. The van der Waals surface area contributed by atoms with Crippen molar-refractivity contribution in [2.75, 3.05) is 25.2 Å². The lowest BCUT2D eigenvalue weighted by Crippen LogP contribution is -2.13. The summed E-state index contributed by atoms with van der Waals surface area (Å²) in [6.07, 6.45) is 2.74. The van der Waals surface area contributed by atoms with Crippen molar-refractivity contribution in [2.45, 2.75) is 13.0 Å². The molecule has 3 heterocycles. The Morgan fingerprint density at radius 3 is 3.20 bits per heavy atom. The summed E-state index contributed by atoms with van der Waals surface area (Å²) in [5.74, 6) is 7.11. The Morgan fingerprint density at radius 1 is 1.55 bits per heavy atom. The third-order valence-corrected chi connectivity index (χ3v) is 3.38. The summed E-state index contributed by atoms with van der Waals surface area (Å²) in [6.45, 7) is 2.62. The molecular formula is C12H18N6O2. The normalized spacial score (nSPS) is 18.8. The zero-order chi connectivity index (χ0) is 13.9. The summed E-state index contributed by atoms with van der Waals surface area (Å²) in [6, 6.07) is 0. The molecular weight excluding hydrogens is 260 g/mol. The molecule has 2 aromatic rings. The first-order valence-corrected chi connectivity index (χ1v) is 6.58. The molecule has 20 heavy (non-hydrogen) atoms. The van der Waals surface area contributed by atoms with Gasteiger partial charge in [-0.15, -0.1) is 0 Å². The number of nitrogens with one attached hydrogen (secondary N) is 1. The van der Waals surface area contributed by atoms with Crippen molar-refractivity contribution in [3.8, 4) is 0 Å². The molecule has 1 unspecified atom stereocenters.